The molecule has 4 heterocycles. The minimum absolute atomic E-state index is 0.0155. The zero-order valence-electron chi connectivity index (χ0n) is 18.3. The molecule has 0 spiro atoms. The van der Waals surface area contributed by atoms with Crippen LogP contribution in [0.25, 0.3) is 0 Å². The summed E-state index contributed by atoms with van der Waals surface area (Å²) in [5.41, 5.74) is 2.89. The van der Waals surface area contributed by atoms with Gasteiger partial charge in [-0.3, -0.25) is 14.5 Å². The summed E-state index contributed by atoms with van der Waals surface area (Å²) >= 11 is 1.55. The highest BCUT2D eigenvalue weighted by atomic mass is 32.1. The molecule has 4 aromatic rings. The number of furan rings is 2. The summed E-state index contributed by atoms with van der Waals surface area (Å²) in [6, 6.07) is 18.3. The smallest absolute Gasteiger partial charge is 0.233 e. The van der Waals surface area contributed by atoms with Gasteiger partial charge in [0, 0.05) is 28.5 Å². The third kappa shape index (κ3) is 3.58. The average molecular weight is 471 g/mol. The molecule has 170 valence electrons. The van der Waals surface area contributed by atoms with Gasteiger partial charge < -0.3 is 14.2 Å². The van der Waals surface area contributed by atoms with E-state index in [1.807, 2.05) is 60.0 Å². The monoisotopic (exact) mass is 470 g/mol. The molecule has 1 aromatic carbocycles. The molecule has 6 nitrogen and oxygen atoms in total. The van der Waals surface area contributed by atoms with Gasteiger partial charge in [0.2, 0.25) is 5.91 Å². The molecule has 0 bridgehead atoms. The van der Waals surface area contributed by atoms with Gasteiger partial charge in [0.1, 0.15) is 17.6 Å². The number of ketones is 1. The fraction of sp³-hybridized carbons (Fsp3) is 0.185. The number of rotatable bonds is 4. The van der Waals surface area contributed by atoms with E-state index in [0.717, 1.165) is 27.7 Å². The summed E-state index contributed by atoms with van der Waals surface area (Å²) in [6.07, 6.45) is 4.38. The maximum atomic E-state index is 13.8. The third-order valence-electron chi connectivity index (χ3n) is 6.42. The highest BCUT2D eigenvalue weighted by Gasteiger charge is 2.43. The Kier molecular flexibility index (Phi) is 5.19. The van der Waals surface area contributed by atoms with E-state index in [2.05, 4.69) is 5.32 Å². The van der Waals surface area contributed by atoms with Gasteiger partial charge in [-0.2, -0.15) is 0 Å². The Balaban J connectivity index is 1.51. The van der Waals surface area contributed by atoms with E-state index in [4.69, 9.17) is 8.83 Å². The van der Waals surface area contributed by atoms with Crippen LogP contribution in [0, 0.1) is 0 Å². The van der Waals surface area contributed by atoms with Crippen molar-refractivity contribution in [3.63, 3.8) is 0 Å². The topological polar surface area (TPSA) is 75.7 Å². The number of allylic oxidation sites excluding steroid dienone is 1. The Bertz CT molecular complexity index is 1350. The highest BCUT2D eigenvalue weighted by molar-refractivity contribution is 7.10. The summed E-state index contributed by atoms with van der Waals surface area (Å²) in [5.74, 6) is 1.19. The van der Waals surface area contributed by atoms with Crippen LogP contribution in [0.1, 0.15) is 41.2 Å². The Morgan fingerprint density at radius 1 is 0.971 bits per heavy atom. The van der Waals surface area contributed by atoms with Crippen molar-refractivity contribution < 1.29 is 18.4 Å². The van der Waals surface area contributed by atoms with Crippen molar-refractivity contribution in [1.29, 1.82) is 0 Å². The molecule has 1 aliphatic heterocycles. The summed E-state index contributed by atoms with van der Waals surface area (Å²) in [5, 5.41) is 5.47. The van der Waals surface area contributed by atoms with E-state index >= 15 is 0 Å². The zero-order chi connectivity index (χ0) is 23.1. The van der Waals surface area contributed by atoms with Gasteiger partial charge in [0.25, 0.3) is 0 Å². The normalized spacial score (nSPS) is 19.9. The summed E-state index contributed by atoms with van der Waals surface area (Å²) in [6.45, 7) is 0. The Hall–Kier alpha value is -3.84. The number of hydrogen-bond acceptors (Lipinski definition) is 6. The van der Waals surface area contributed by atoms with E-state index in [0.29, 0.717) is 24.2 Å². The van der Waals surface area contributed by atoms with E-state index in [1.54, 1.807) is 34.8 Å². The predicted octanol–water partition coefficient (Wildman–Crippen LogP) is 6.08. The molecule has 0 saturated heterocycles. The first kappa shape index (κ1) is 20.7. The first-order valence-corrected chi connectivity index (χ1v) is 12.1. The maximum absolute atomic E-state index is 13.8. The first-order valence-electron chi connectivity index (χ1n) is 11.2. The van der Waals surface area contributed by atoms with Gasteiger partial charge in [-0.05, 0) is 54.3 Å². The van der Waals surface area contributed by atoms with Gasteiger partial charge in [0.15, 0.2) is 5.78 Å². The number of carbonyl (C=O) groups is 2. The van der Waals surface area contributed by atoms with Crippen molar-refractivity contribution in [2.24, 2.45) is 0 Å². The molecule has 1 aliphatic carbocycles. The number of amides is 1. The number of para-hydroxylation sites is 2. The lowest BCUT2D eigenvalue weighted by Crippen LogP contribution is -2.39. The molecule has 0 radical (unpaired) electrons. The van der Waals surface area contributed by atoms with Crippen molar-refractivity contribution in [3.05, 3.63) is 106 Å². The van der Waals surface area contributed by atoms with Crippen LogP contribution in [-0.4, -0.2) is 11.7 Å². The third-order valence-corrected chi connectivity index (χ3v) is 7.30. The number of anilines is 2. The van der Waals surface area contributed by atoms with E-state index in [-0.39, 0.29) is 24.0 Å². The molecular weight excluding hydrogens is 448 g/mol. The predicted molar refractivity (Wildman–Crippen MR) is 130 cm³/mol. The Labute approximate surface area is 200 Å². The molecule has 2 atom stereocenters. The van der Waals surface area contributed by atoms with E-state index in [9.17, 15) is 9.59 Å². The molecular formula is C27H22N2O4S. The Morgan fingerprint density at radius 3 is 2.50 bits per heavy atom. The van der Waals surface area contributed by atoms with Crippen LogP contribution in [0.5, 0.6) is 0 Å². The molecule has 2 aliphatic rings. The van der Waals surface area contributed by atoms with Crippen molar-refractivity contribution in [1.82, 2.24) is 0 Å². The largest absolute Gasteiger partial charge is 0.469 e. The van der Waals surface area contributed by atoms with Crippen molar-refractivity contribution in [2.45, 2.75) is 31.2 Å². The summed E-state index contributed by atoms with van der Waals surface area (Å²) < 4.78 is 11.5. The molecule has 0 unspecified atom stereocenters. The van der Waals surface area contributed by atoms with Crippen LogP contribution in [0.15, 0.2) is 98.7 Å². The molecule has 7 heteroatoms. The van der Waals surface area contributed by atoms with Crippen LogP contribution in [-0.2, 0) is 16.0 Å². The average Bonchev–Trinajstić information content (AvgIpc) is 3.61. The van der Waals surface area contributed by atoms with Crippen molar-refractivity contribution in [3.8, 4) is 0 Å². The minimum Gasteiger partial charge on any atom is -0.469 e. The van der Waals surface area contributed by atoms with Crippen LogP contribution in [0.4, 0.5) is 11.4 Å². The number of benzene rings is 1. The molecule has 1 N–H and O–H groups in total. The van der Waals surface area contributed by atoms with E-state index in [1.165, 1.54) is 0 Å². The fourth-order valence-corrected chi connectivity index (χ4v) is 5.65. The van der Waals surface area contributed by atoms with Crippen LogP contribution < -0.4 is 10.2 Å². The molecule has 1 amide bonds. The zero-order valence-corrected chi connectivity index (χ0v) is 19.1. The second-order valence-corrected chi connectivity index (χ2v) is 9.55. The molecule has 0 saturated carbocycles. The van der Waals surface area contributed by atoms with Gasteiger partial charge in [-0.1, -0.05) is 18.2 Å². The number of hydrogen-bond donors (Lipinski definition) is 1. The first-order chi connectivity index (χ1) is 16.7. The maximum Gasteiger partial charge on any atom is 0.233 e. The molecule has 6 rings (SSSR count). The number of nitrogens with zero attached hydrogens (tertiary/aromatic N) is 1. The minimum atomic E-state index is -0.654. The van der Waals surface area contributed by atoms with Gasteiger partial charge >= 0.3 is 0 Å². The van der Waals surface area contributed by atoms with Crippen LogP contribution in [0.3, 0.4) is 0 Å². The van der Waals surface area contributed by atoms with Crippen LogP contribution >= 0.6 is 11.3 Å². The fourth-order valence-electron chi connectivity index (χ4n) is 4.95. The standard InChI is InChI=1S/C27H22N2O4S/c30-22-15-17(23-9-3-11-32-23)14-20-26(22)27(24-10-4-12-33-24)29(21-8-2-1-7-19(21)28-20)25(31)16-18-6-5-13-34-18/h1-13,17,27-28H,14-16H2/t17-,27-/m1/s1. The summed E-state index contributed by atoms with van der Waals surface area (Å²) in [4.78, 5) is 30.2. The molecule has 0 fully saturated rings. The number of fused-ring (bicyclic) bond motifs is 1. The molecule has 3 aromatic heterocycles. The second kappa shape index (κ2) is 8.50. The summed E-state index contributed by atoms with van der Waals surface area (Å²) in [7, 11) is 0. The number of carbonyl (C=O) groups excluding carboxylic acids is 2. The SMILES string of the molecule is O=C1C[C@H](c2ccco2)CC2=C1[C@@H](c1ccco1)N(C(=O)Cc1cccs1)c1ccccc1N2. The Morgan fingerprint density at radius 2 is 1.76 bits per heavy atom. The lowest BCUT2D eigenvalue weighted by molar-refractivity contribution is -0.118. The molecule has 34 heavy (non-hydrogen) atoms. The highest BCUT2D eigenvalue weighted by Crippen LogP contribution is 2.47. The lowest BCUT2D eigenvalue weighted by Gasteiger charge is -2.33. The van der Waals surface area contributed by atoms with Gasteiger partial charge in [-0.15, -0.1) is 11.3 Å². The number of Topliss-reactive ketones (excluding diaryl/α,β-unsaturated/α-hetero) is 1. The van der Waals surface area contributed by atoms with E-state index < -0.39 is 6.04 Å². The number of thiophene rings is 1. The van der Waals surface area contributed by atoms with Crippen molar-refractivity contribution in [2.75, 3.05) is 10.2 Å². The van der Waals surface area contributed by atoms with Crippen molar-refractivity contribution >= 4 is 34.4 Å². The lowest BCUT2D eigenvalue weighted by atomic mass is 9.81. The quantitative estimate of drug-likeness (QED) is 0.391. The number of nitrogens with one attached hydrogen (secondary N) is 1. The van der Waals surface area contributed by atoms with Gasteiger partial charge in [0.05, 0.1) is 30.3 Å². The second-order valence-electron chi connectivity index (χ2n) is 8.52. The van der Waals surface area contributed by atoms with Crippen LogP contribution in [0.2, 0.25) is 0 Å². The van der Waals surface area contributed by atoms with Gasteiger partial charge in [-0.25, -0.2) is 0 Å².